The Morgan fingerprint density at radius 3 is 2.52 bits per heavy atom. The van der Waals surface area contributed by atoms with Gasteiger partial charge in [0, 0.05) is 18.2 Å². The van der Waals surface area contributed by atoms with Crippen molar-refractivity contribution in [2.75, 3.05) is 5.32 Å². The number of anilines is 1. The molecule has 0 heterocycles. The molecule has 0 spiro atoms. The Hall–Kier alpha value is -2.19. The maximum Gasteiger partial charge on any atom is 0.416 e. The van der Waals surface area contributed by atoms with Crippen LogP contribution in [0.25, 0.3) is 0 Å². The van der Waals surface area contributed by atoms with Crippen LogP contribution < -0.4 is 11.1 Å². The Bertz CT molecular complexity index is 856. The lowest BCUT2D eigenvalue weighted by Gasteiger charge is -2.12. The molecule has 2 aromatic carbocycles. The van der Waals surface area contributed by atoms with E-state index in [1.807, 2.05) is 0 Å². The van der Waals surface area contributed by atoms with Gasteiger partial charge in [-0.15, -0.1) is 12.4 Å². The SMILES string of the molecule is Cl.NCc1cc(NC(=O)C2CC2c2cccc(F)c2F)cc(C(F)(F)F)c1. The first-order valence-corrected chi connectivity index (χ1v) is 7.86. The van der Waals surface area contributed by atoms with Gasteiger partial charge in [0.25, 0.3) is 0 Å². The maximum absolute atomic E-state index is 13.8. The molecular formula is C18H16ClF5N2O. The van der Waals surface area contributed by atoms with Crippen molar-refractivity contribution in [3.63, 3.8) is 0 Å². The summed E-state index contributed by atoms with van der Waals surface area (Å²) in [6.45, 7) is -0.118. The first-order chi connectivity index (χ1) is 12.2. The van der Waals surface area contributed by atoms with Crippen LogP contribution in [0.5, 0.6) is 0 Å². The van der Waals surface area contributed by atoms with Crippen molar-refractivity contribution in [3.05, 3.63) is 64.7 Å². The second kappa shape index (κ2) is 7.82. The van der Waals surface area contributed by atoms with Crippen LogP contribution in [0.15, 0.2) is 36.4 Å². The van der Waals surface area contributed by atoms with Gasteiger partial charge >= 0.3 is 6.18 Å². The van der Waals surface area contributed by atoms with Gasteiger partial charge in [-0.25, -0.2) is 8.78 Å². The zero-order valence-electron chi connectivity index (χ0n) is 13.8. The summed E-state index contributed by atoms with van der Waals surface area (Å²) in [7, 11) is 0. The van der Waals surface area contributed by atoms with E-state index in [9.17, 15) is 26.7 Å². The highest BCUT2D eigenvalue weighted by molar-refractivity contribution is 5.95. The second-order valence-electron chi connectivity index (χ2n) is 6.20. The third kappa shape index (κ3) is 4.56. The topological polar surface area (TPSA) is 55.1 Å². The summed E-state index contributed by atoms with van der Waals surface area (Å²) in [5.74, 6) is -3.66. The minimum Gasteiger partial charge on any atom is -0.326 e. The van der Waals surface area contributed by atoms with Crippen LogP contribution in [0.4, 0.5) is 27.6 Å². The highest BCUT2D eigenvalue weighted by Crippen LogP contribution is 2.49. The molecule has 3 N–H and O–H groups in total. The van der Waals surface area contributed by atoms with Gasteiger partial charge in [0.15, 0.2) is 11.6 Å². The van der Waals surface area contributed by atoms with Gasteiger partial charge in [0.05, 0.1) is 5.56 Å². The standard InChI is InChI=1S/C18H15F5N2O.ClH/c19-15-3-1-2-12(16(15)20)13-7-14(13)17(26)25-11-5-9(8-24)4-10(6-11)18(21,22)23;/h1-6,13-14H,7-8,24H2,(H,25,26);1H. The van der Waals surface area contributed by atoms with Crippen LogP contribution in [-0.2, 0) is 17.5 Å². The second-order valence-corrected chi connectivity index (χ2v) is 6.20. The van der Waals surface area contributed by atoms with E-state index in [1.165, 1.54) is 18.2 Å². The van der Waals surface area contributed by atoms with Crippen molar-refractivity contribution >= 4 is 24.0 Å². The molecular weight excluding hydrogens is 391 g/mol. The smallest absolute Gasteiger partial charge is 0.326 e. The first-order valence-electron chi connectivity index (χ1n) is 7.86. The van der Waals surface area contributed by atoms with Gasteiger partial charge in [0.2, 0.25) is 5.91 Å². The largest absolute Gasteiger partial charge is 0.416 e. The number of alkyl halides is 3. The Balaban J connectivity index is 0.00000261. The van der Waals surface area contributed by atoms with Crippen molar-refractivity contribution in [2.45, 2.75) is 25.1 Å². The van der Waals surface area contributed by atoms with Crippen LogP contribution >= 0.6 is 12.4 Å². The highest BCUT2D eigenvalue weighted by Gasteiger charge is 2.45. The fraction of sp³-hybridized carbons (Fsp3) is 0.278. The number of hydrogen-bond acceptors (Lipinski definition) is 2. The number of hydrogen-bond donors (Lipinski definition) is 2. The number of halogens is 6. The molecule has 1 aliphatic carbocycles. The van der Waals surface area contributed by atoms with Crippen molar-refractivity contribution < 1.29 is 26.7 Å². The minimum atomic E-state index is -4.57. The molecule has 0 radical (unpaired) electrons. The average Bonchev–Trinajstić information content (AvgIpc) is 3.37. The normalized spacial score (nSPS) is 18.6. The number of rotatable bonds is 4. The molecule has 1 saturated carbocycles. The minimum absolute atomic E-state index is 0. The number of carbonyl (C=O) groups excluding carboxylic acids is 1. The first kappa shape index (κ1) is 21.1. The van der Waals surface area contributed by atoms with Crippen LogP contribution in [0.3, 0.4) is 0 Å². The Morgan fingerprint density at radius 2 is 1.89 bits per heavy atom. The molecule has 1 fully saturated rings. The molecule has 3 rings (SSSR count). The van der Waals surface area contributed by atoms with Crippen LogP contribution in [0.2, 0.25) is 0 Å². The van der Waals surface area contributed by atoms with Crippen molar-refractivity contribution in [1.82, 2.24) is 0 Å². The highest BCUT2D eigenvalue weighted by atomic mass is 35.5. The van der Waals surface area contributed by atoms with Crippen LogP contribution in [-0.4, -0.2) is 5.91 Å². The molecule has 0 saturated heterocycles. The van der Waals surface area contributed by atoms with E-state index >= 15 is 0 Å². The lowest BCUT2D eigenvalue weighted by atomic mass is 10.1. The van der Waals surface area contributed by atoms with Gasteiger partial charge in [-0.1, -0.05) is 12.1 Å². The summed E-state index contributed by atoms with van der Waals surface area (Å²) in [4.78, 5) is 12.3. The predicted octanol–water partition coefficient (Wildman–Crippen LogP) is 4.61. The molecule has 9 heteroatoms. The molecule has 2 atom stereocenters. The van der Waals surface area contributed by atoms with E-state index in [2.05, 4.69) is 5.32 Å². The van der Waals surface area contributed by atoms with Gasteiger partial charge < -0.3 is 11.1 Å². The summed E-state index contributed by atoms with van der Waals surface area (Å²) in [6.07, 6.45) is -4.27. The van der Waals surface area contributed by atoms with Gasteiger partial charge in [0.1, 0.15) is 0 Å². The molecule has 3 nitrogen and oxygen atoms in total. The number of carbonyl (C=O) groups is 1. The van der Waals surface area contributed by atoms with E-state index in [4.69, 9.17) is 5.73 Å². The molecule has 1 amide bonds. The summed E-state index contributed by atoms with van der Waals surface area (Å²) in [5.41, 5.74) is 4.77. The summed E-state index contributed by atoms with van der Waals surface area (Å²) in [6, 6.07) is 6.81. The zero-order chi connectivity index (χ0) is 19.1. The number of benzene rings is 2. The molecule has 0 aliphatic heterocycles. The monoisotopic (exact) mass is 406 g/mol. The average molecular weight is 407 g/mol. The third-order valence-electron chi connectivity index (χ3n) is 4.33. The van der Waals surface area contributed by atoms with Gasteiger partial charge in [-0.2, -0.15) is 13.2 Å². The van der Waals surface area contributed by atoms with E-state index in [-0.39, 0.29) is 35.8 Å². The predicted molar refractivity (Wildman–Crippen MR) is 92.4 cm³/mol. The Morgan fingerprint density at radius 1 is 1.19 bits per heavy atom. The number of nitrogens with two attached hydrogens (primary N) is 1. The molecule has 2 unspecified atom stereocenters. The summed E-state index contributed by atoms with van der Waals surface area (Å²) in [5, 5.41) is 2.41. The van der Waals surface area contributed by atoms with Crippen molar-refractivity contribution in [1.29, 1.82) is 0 Å². The fourth-order valence-corrected chi connectivity index (χ4v) is 2.92. The Labute approximate surface area is 158 Å². The molecule has 146 valence electrons. The lowest BCUT2D eigenvalue weighted by molar-refractivity contribution is -0.137. The van der Waals surface area contributed by atoms with Gasteiger partial charge in [-0.05, 0) is 47.7 Å². The third-order valence-corrected chi connectivity index (χ3v) is 4.33. The molecule has 0 aromatic heterocycles. The van der Waals surface area contributed by atoms with E-state index in [0.29, 0.717) is 6.42 Å². The fourth-order valence-electron chi connectivity index (χ4n) is 2.92. The van der Waals surface area contributed by atoms with Crippen LogP contribution in [0.1, 0.15) is 29.0 Å². The molecule has 27 heavy (non-hydrogen) atoms. The van der Waals surface area contributed by atoms with Gasteiger partial charge in [-0.3, -0.25) is 4.79 Å². The van der Waals surface area contributed by atoms with Crippen LogP contribution in [0, 0.1) is 17.6 Å². The number of nitrogens with one attached hydrogen (secondary N) is 1. The van der Waals surface area contributed by atoms with E-state index in [1.54, 1.807) is 0 Å². The lowest BCUT2D eigenvalue weighted by Crippen LogP contribution is -2.16. The molecule has 2 aromatic rings. The van der Waals surface area contributed by atoms with Crippen molar-refractivity contribution in [2.24, 2.45) is 11.7 Å². The molecule has 0 bridgehead atoms. The van der Waals surface area contributed by atoms with E-state index in [0.717, 1.165) is 18.2 Å². The molecule has 1 aliphatic rings. The zero-order valence-corrected chi connectivity index (χ0v) is 14.6. The van der Waals surface area contributed by atoms with E-state index < -0.39 is 41.1 Å². The number of amides is 1. The maximum atomic E-state index is 13.8. The van der Waals surface area contributed by atoms with Crippen molar-refractivity contribution in [3.8, 4) is 0 Å². The summed E-state index contributed by atoms with van der Waals surface area (Å²) >= 11 is 0. The quantitative estimate of drug-likeness (QED) is 0.729. The Kier molecular flexibility index (Phi) is 6.11. The summed E-state index contributed by atoms with van der Waals surface area (Å²) < 4.78 is 65.9.